The largest absolute Gasteiger partial charge is 0.497 e. The summed E-state index contributed by atoms with van der Waals surface area (Å²) in [4.78, 5) is 38.3. The molecule has 7 nitrogen and oxygen atoms in total. The van der Waals surface area contributed by atoms with Gasteiger partial charge in [-0.15, -0.1) is 11.3 Å². The first-order valence-electron chi connectivity index (χ1n) is 9.21. The summed E-state index contributed by atoms with van der Waals surface area (Å²) in [5, 5.41) is 0. The van der Waals surface area contributed by atoms with Gasteiger partial charge < -0.3 is 0 Å². The number of hydrogen-bond donors (Lipinski definition) is 0. The van der Waals surface area contributed by atoms with Gasteiger partial charge >= 0.3 is 24.4 Å². The third kappa shape index (κ3) is 3.88. The zero-order valence-electron chi connectivity index (χ0n) is 16.6. The quantitative estimate of drug-likeness (QED) is 0.382. The van der Waals surface area contributed by atoms with Crippen LogP contribution < -0.4 is 9.55 Å². The highest BCUT2D eigenvalue weighted by Crippen LogP contribution is 2.40. The Hall–Kier alpha value is -3.26. The van der Waals surface area contributed by atoms with Crippen molar-refractivity contribution in [1.29, 1.82) is 0 Å². The maximum Gasteiger partial charge on any atom is 0.497 e. The smallest absolute Gasteiger partial charge is 0.262 e. The molecule has 1 fully saturated rings. The molecule has 1 saturated heterocycles. The van der Waals surface area contributed by atoms with E-state index in [1.807, 2.05) is 0 Å². The number of urea groups is 1. The van der Waals surface area contributed by atoms with Crippen LogP contribution in [0.25, 0.3) is 10.2 Å². The van der Waals surface area contributed by atoms with Gasteiger partial charge in [0, 0.05) is 18.3 Å². The number of thiazole rings is 1. The number of pyridine rings is 1. The summed E-state index contributed by atoms with van der Waals surface area (Å²) in [5.74, 6) is -2.61. The van der Waals surface area contributed by atoms with E-state index in [9.17, 15) is 35.9 Å². The van der Waals surface area contributed by atoms with Gasteiger partial charge in [0.1, 0.15) is 0 Å². The van der Waals surface area contributed by atoms with Crippen LogP contribution in [0.5, 0.6) is 0 Å². The van der Waals surface area contributed by atoms with Crippen molar-refractivity contribution in [2.45, 2.75) is 19.3 Å². The highest BCUT2D eigenvalue weighted by Gasteiger charge is 2.58. The molecule has 0 aliphatic carbocycles. The first-order valence-corrected chi connectivity index (χ1v) is 10.1. The van der Waals surface area contributed by atoms with E-state index in [0.29, 0.717) is 16.4 Å². The van der Waals surface area contributed by atoms with E-state index in [1.165, 1.54) is 23.7 Å². The number of nitrogens with zero attached hydrogens (tertiary/aromatic N) is 4. The van der Waals surface area contributed by atoms with Crippen molar-refractivity contribution in [2.75, 3.05) is 18.0 Å². The van der Waals surface area contributed by atoms with E-state index in [0.717, 1.165) is 29.4 Å². The molecule has 1 unspecified atom stereocenters. The molecule has 0 spiro atoms. The minimum absolute atomic E-state index is 0.102. The summed E-state index contributed by atoms with van der Waals surface area (Å²) in [6.45, 7) is 0.320. The van der Waals surface area contributed by atoms with Gasteiger partial charge in [0.2, 0.25) is 0 Å². The number of carbonyl (C=O) groups is 2. The molecule has 2 aromatic heterocycles. The average Bonchev–Trinajstić information content (AvgIpc) is 3.31. The van der Waals surface area contributed by atoms with Crippen molar-refractivity contribution in [3.05, 3.63) is 47.2 Å². The maximum absolute atomic E-state index is 13.4. The molecule has 4 rings (SSSR count). The standard InChI is InChI=1S/C19H13F6N4O3S/c1-10-12(18(20,21)22)7-26-8-14(10)28-4-5-29(17(28)31,32-16(30)19(23,24)25)11-2-3-13-15(6-11)33-9-27-13/h2-3,6-9H,4-5H2,1H3/q+1. The van der Waals surface area contributed by atoms with E-state index < -0.39 is 41.1 Å². The van der Waals surface area contributed by atoms with Crippen molar-refractivity contribution in [2.24, 2.45) is 0 Å². The van der Waals surface area contributed by atoms with Crippen LogP contribution in [0.1, 0.15) is 11.1 Å². The predicted octanol–water partition coefficient (Wildman–Crippen LogP) is 4.99. The topological polar surface area (TPSA) is 72.4 Å². The lowest BCUT2D eigenvalue weighted by molar-refractivity contribution is -0.223. The van der Waals surface area contributed by atoms with Crippen LogP contribution in [0.15, 0.2) is 36.1 Å². The molecule has 1 aromatic carbocycles. The fourth-order valence-electron chi connectivity index (χ4n) is 3.56. The van der Waals surface area contributed by atoms with E-state index in [4.69, 9.17) is 4.84 Å². The molecule has 1 atom stereocenters. The normalized spacial score (nSPS) is 19.4. The Morgan fingerprint density at radius 2 is 1.91 bits per heavy atom. The number of hydroxylamine groups is 2. The van der Waals surface area contributed by atoms with Crippen molar-refractivity contribution in [3.8, 4) is 0 Å². The Bertz CT molecular complexity index is 1260. The Morgan fingerprint density at radius 3 is 2.58 bits per heavy atom. The number of alkyl halides is 6. The minimum Gasteiger partial charge on any atom is -0.262 e. The SMILES string of the molecule is Cc1c(N2CC[N+](OC(=O)C(F)(F)F)(c3ccc4ncsc4c3)C2=O)cncc1C(F)(F)F. The summed E-state index contributed by atoms with van der Waals surface area (Å²) in [6.07, 6.45) is -8.58. The van der Waals surface area contributed by atoms with Gasteiger partial charge in [-0.25, -0.2) is 14.6 Å². The molecule has 3 aromatic rings. The van der Waals surface area contributed by atoms with E-state index in [-0.39, 0.29) is 23.5 Å². The number of anilines is 1. The van der Waals surface area contributed by atoms with Crippen LogP contribution in [0.3, 0.4) is 0 Å². The molecular formula is C19H13F6N4O3S+. The number of quaternary nitrogens is 1. The molecular weight excluding hydrogens is 478 g/mol. The Balaban J connectivity index is 1.82. The fourth-order valence-corrected chi connectivity index (χ4v) is 4.27. The number of rotatable bonds is 3. The molecule has 3 heterocycles. The van der Waals surface area contributed by atoms with Crippen molar-refractivity contribution < 1.29 is 40.8 Å². The lowest BCUT2D eigenvalue weighted by Crippen LogP contribution is -2.55. The number of halogens is 6. The van der Waals surface area contributed by atoms with Gasteiger partial charge in [0.05, 0.1) is 39.7 Å². The Kier molecular flexibility index (Phi) is 5.32. The van der Waals surface area contributed by atoms with Gasteiger partial charge in [-0.2, -0.15) is 26.3 Å². The molecule has 0 bridgehead atoms. The number of amides is 2. The first kappa shape index (κ1) is 22.9. The van der Waals surface area contributed by atoms with Crippen molar-refractivity contribution in [1.82, 2.24) is 14.6 Å². The molecule has 1 aliphatic rings. The highest BCUT2D eigenvalue weighted by atomic mass is 32.1. The van der Waals surface area contributed by atoms with Crippen molar-refractivity contribution in [3.63, 3.8) is 0 Å². The number of aromatic nitrogens is 2. The van der Waals surface area contributed by atoms with Crippen LogP contribution in [0.2, 0.25) is 0 Å². The Morgan fingerprint density at radius 1 is 1.18 bits per heavy atom. The third-order valence-corrected chi connectivity index (χ3v) is 5.96. The van der Waals surface area contributed by atoms with Crippen LogP contribution in [0.4, 0.5) is 42.5 Å². The fraction of sp³-hybridized carbons (Fsp3) is 0.263. The number of carbonyl (C=O) groups excluding carboxylic acids is 2. The summed E-state index contributed by atoms with van der Waals surface area (Å²) in [7, 11) is 0. The molecule has 2 amide bonds. The molecule has 33 heavy (non-hydrogen) atoms. The van der Waals surface area contributed by atoms with Gasteiger partial charge in [0.15, 0.2) is 12.2 Å². The van der Waals surface area contributed by atoms with Gasteiger partial charge in [-0.05, 0) is 23.2 Å². The molecule has 1 aliphatic heterocycles. The second kappa shape index (κ2) is 7.66. The van der Waals surface area contributed by atoms with Crippen LogP contribution in [0, 0.1) is 6.92 Å². The van der Waals surface area contributed by atoms with Crippen LogP contribution >= 0.6 is 11.3 Å². The van der Waals surface area contributed by atoms with Gasteiger partial charge in [0.25, 0.3) is 0 Å². The zero-order chi connectivity index (χ0) is 24.2. The molecule has 174 valence electrons. The average molecular weight is 491 g/mol. The summed E-state index contributed by atoms with van der Waals surface area (Å²) >= 11 is 1.15. The summed E-state index contributed by atoms with van der Waals surface area (Å²) < 4.78 is 78.0. The minimum atomic E-state index is -5.40. The summed E-state index contributed by atoms with van der Waals surface area (Å²) in [6, 6.07) is 2.91. The number of benzene rings is 1. The molecule has 14 heteroatoms. The third-order valence-electron chi connectivity index (χ3n) is 5.17. The van der Waals surface area contributed by atoms with E-state index in [2.05, 4.69) is 9.97 Å². The van der Waals surface area contributed by atoms with E-state index >= 15 is 0 Å². The summed E-state index contributed by atoms with van der Waals surface area (Å²) in [5.41, 5.74) is 0.190. The van der Waals surface area contributed by atoms with Crippen LogP contribution in [-0.4, -0.2) is 41.2 Å². The van der Waals surface area contributed by atoms with Gasteiger partial charge in [-0.3, -0.25) is 14.7 Å². The van der Waals surface area contributed by atoms with Crippen molar-refractivity contribution >= 4 is 44.9 Å². The Labute approximate surface area is 185 Å². The maximum atomic E-state index is 13.4. The second-order valence-corrected chi connectivity index (χ2v) is 7.99. The molecule has 0 N–H and O–H groups in total. The van der Waals surface area contributed by atoms with Crippen LogP contribution in [-0.2, 0) is 15.8 Å². The lowest BCUT2D eigenvalue weighted by Gasteiger charge is -2.27. The molecule has 0 saturated carbocycles. The lowest BCUT2D eigenvalue weighted by atomic mass is 10.1. The van der Waals surface area contributed by atoms with E-state index in [1.54, 1.807) is 0 Å². The predicted molar refractivity (Wildman–Crippen MR) is 105 cm³/mol. The second-order valence-electron chi connectivity index (χ2n) is 7.11. The zero-order valence-corrected chi connectivity index (χ0v) is 17.4. The first-order chi connectivity index (χ1) is 15.3. The monoisotopic (exact) mass is 491 g/mol. The number of hydrogen-bond acceptors (Lipinski definition) is 6. The van der Waals surface area contributed by atoms with Gasteiger partial charge in [-0.1, -0.05) is 0 Å². The number of fused-ring (bicyclic) bond motifs is 1. The molecule has 0 radical (unpaired) electrons. The highest BCUT2D eigenvalue weighted by molar-refractivity contribution is 7.16.